The lowest BCUT2D eigenvalue weighted by Gasteiger charge is -2.25. The van der Waals surface area contributed by atoms with Crippen molar-refractivity contribution >= 4 is 13.7 Å². The van der Waals surface area contributed by atoms with Gasteiger partial charge in [-0.05, 0) is 44.9 Å². The van der Waals surface area contributed by atoms with Crippen LogP contribution in [0.5, 0.6) is 0 Å². The topological polar surface area (TPSA) is 105 Å². The Bertz CT molecular complexity index is 1350. The van der Waals surface area contributed by atoms with Gasteiger partial charge in [-0.15, -0.1) is 0 Å². The van der Waals surface area contributed by atoms with E-state index in [0.29, 0.717) is 17.4 Å². The van der Waals surface area contributed by atoms with Gasteiger partial charge >= 0.3 is 7.82 Å². The van der Waals surface area contributed by atoms with Crippen LogP contribution in [-0.4, -0.2) is 73.4 Å². The minimum atomic E-state index is -4.35. The largest absolute Gasteiger partial charge is 0.472 e. The van der Waals surface area contributed by atoms with Gasteiger partial charge in [0.25, 0.3) is 0 Å². The number of quaternary nitrogens is 1. The monoisotopic (exact) mass is 1150 g/mol. The highest BCUT2D eigenvalue weighted by Gasteiger charge is 2.28. The number of phosphoric acid groups is 1. The summed E-state index contributed by atoms with van der Waals surface area (Å²) in [5.41, 5.74) is 0. The first-order valence-corrected chi connectivity index (χ1v) is 37.2. The van der Waals surface area contributed by atoms with E-state index < -0.39 is 20.0 Å². The molecule has 476 valence electrons. The van der Waals surface area contributed by atoms with E-state index >= 15 is 0 Å². The van der Waals surface area contributed by atoms with Gasteiger partial charge in [0.05, 0.1) is 39.9 Å². The summed E-state index contributed by atoms with van der Waals surface area (Å²) in [6.07, 6.45) is 82.1. The summed E-state index contributed by atoms with van der Waals surface area (Å²) in [7, 11) is 1.59. The number of allylic oxidation sites excluding steroid dienone is 3. The fraction of sp³-hybridized carbons (Fsp3) is 0.930. The zero-order valence-corrected chi connectivity index (χ0v) is 55.5. The van der Waals surface area contributed by atoms with Gasteiger partial charge in [0.1, 0.15) is 13.2 Å². The Kier molecular flexibility index (Phi) is 61.7. The molecule has 8 nitrogen and oxygen atoms in total. The molecule has 80 heavy (non-hydrogen) atoms. The van der Waals surface area contributed by atoms with Crippen molar-refractivity contribution in [3.8, 4) is 0 Å². The zero-order valence-electron chi connectivity index (χ0n) is 54.6. The van der Waals surface area contributed by atoms with Crippen LogP contribution in [0.1, 0.15) is 373 Å². The third-order valence-corrected chi connectivity index (χ3v) is 17.6. The van der Waals surface area contributed by atoms with Gasteiger partial charge in [-0.25, -0.2) is 4.57 Å². The highest BCUT2D eigenvalue weighted by molar-refractivity contribution is 7.47. The second-order valence-electron chi connectivity index (χ2n) is 26.0. The normalized spacial score (nSPS) is 13.7. The van der Waals surface area contributed by atoms with E-state index in [-0.39, 0.29) is 19.1 Å². The summed E-state index contributed by atoms with van der Waals surface area (Å²) >= 11 is 0. The molecule has 0 spiro atoms. The van der Waals surface area contributed by atoms with Crippen LogP contribution in [0, 0.1) is 0 Å². The highest BCUT2D eigenvalue weighted by atomic mass is 31.2. The Morgan fingerprint density at radius 2 is 0.675 bits per heavy atom. The molecule has 3 atom stereocenters. The van der Waals surface area contributed by atoms with E-state index in [0.717, 1.165) is 32.1 Å². The van der Waals surface area contributed by atoms with Gasteiger partial charge < -0.3 is 19.8 Å². The van der Waals surface area contributed by atoms with Crippen LogP contribution in [-0.2, 0) is 18.4 Å². The van der Waals surface area contributed by atoms with Gasteiger partial charge in [0.2, 0.25) is 5.91 Å². The Morgan fingerprint density at radius 3 is 0.963 bits per heavy atom. The molecule has 0 fully saturated rings. The van der Waals surface area contributed by atoms with E-state index in [4.69, 9.17) is 9.05 Å². The van der Waals surface area contributed by atoms with Crippen LogP contribution in [0.4, 0.5) is 0 Å². The third-order valence-electron chi connectivity index (χ3n) is 16.7. The van der Waals surface area contributed by atoms with Crippen molar-refractivity contribution in [2.75, 3.05) is 40.9 Å². The van der Waals surface area contributed by atoms with Gasteiger partial charge in [-0.2, -0.15) is 0 Å². The van der Waals surface area contributed by atoms with E-state index in [1.165, 1.54) is 321 Å². The van der Waals surface area contributed by atoms with E-state index in [1.54, 1.807) is 6.08 Å². The van der Waals surface area contributed by atoms with Gasteiger partial charge in [0, 0.05) is 6.42 Å². The molecule has 0 aromatic carbocycles. The highest BCUT2D eigenvalue weighted by Crippen LogP contribution is 2.43. The second kappa shape index (κ2) is 62.5. The standard InChI is InChI=1S/C71H141N2O6P/c1-6-8-10-12-14-16-18-20-22-24-25-26-27-28-29-30-31-32-33-34-35-36-37-38-39-40-41-42-43-44-45-46-47-49-51-53-55-57-59-61-63-65-71(75)72-69(68-79-80(76,77)78-67-66-73(3,4)5)70(74)64-62-60-58-56-54-52-50-48-23-21-19-17-15-13-11-9-7-2/h24-25,62,64,69-70,74H,6-23,26-61,63,65-68H2,1-5H3,(H-,72,75,76,77)/p+1/b25-24-,64-62+. The lowest BCUT2D eigenvalue weighted by molar-refractivity contribution is -0.870. The molecule has 0 saturated carbocycles. The first kappa shape index (κ1) is 79.0. The lowest BCUT2D eigenvalue weighted by Crippen LogP contribution is -2.45. The molecule has 3 unspecified atom stereocenters. The maximum absolute atomic E-state index is 13.0. The molecule has 1 amide bonds. The van der Waals surface area contributed by atoms with Crippen LogP contribution >= 0.6 is 7.82 Å². The second-order valence-corrected chi connectivity index (χ2v) is 27.4. The first-order chi connectivity index (χ1) is 39.0. The summed E-state index contributed by atoms with van der Waals surface area (Å²) in [6, 6.07) is -0.844. The summed E-state index contributed by atoms with van der Waals surface area (Å²) in [6.45, 7) is 4.87. The number of hydrogen-bond acceptors (Lipinski definition) is 5. The van der Waals surface area contributed by atoms with Gasteiger partial charge in [-0.3, -0.25) is 13.8 Å². The van der Waals surface area contributed by atoms with Crippen LogP contribution in [0.2, 0.25) is 0 Å². The number of unbranched alkanes of at least 4 members (excludes halogenated alkanes) is 52. The summed E-state index contributed by atoms with van der Waals surface area (Å²) < 4.78 is 23.8. The van der Waals surface area contributed by atoms with Crippen molar-refractivity contribution in [1.29, 1.82) is 0 Å². The molecule has 0 aromatic heterocycles. The van der Waals surface area contributed by atoms with Crippen molar-refractivity contribution in [2.45, 2.75) is 386 Å². The number of carbonyl (C=O) groups excluding carboxylic acids is 1. The Hall–Kier alpha value is -1.02. The summed E-state index contributed by atoms with van der Waals surface area (Å²) in [4.78, 5) is 23.4. The van der Waals surface area contributed by atoms with Crippen molar-refractivity contribution < 1.29 is 32.9 Å². The molecule has 0 heterocycles. The number of aliphatic hydroxyl groups excluding tert-OH is 1. The molecule has 0 radical (unpaired) electrons. The minimum Gasteiger partial charge on any atom is -0.387 e. The number of phosphoric ester groups is 1. The third kappa shape index (κ3) is 64.5. The van der Waals surface area contributed by atoms with Crippen molar-refractivity contribution in [3.63, 3.8) is 0 Å². The Morgan fingerprint density at radius 1 is 0.412 bits per heavy atom. The van der Waals surface area contributed by atoms with Crippen LogP contribution in [0.25, 0.3) is 0 Å². The van der Waals surface area contributed by atoms with Crippen molar-refractivity contribution in [3.05, 3.63) is 24.3 Å². The minimum absolute atomic E-state index is 0.0647. The number of likely N-dealkylation sites (N-methyl/N-ethyl adjacent to an activating group) is 1. The molecule has 0 aliphatic rings. The van der Waals surface area contributed by atoms with Gasteiger partial charge in [-0.1, -0.05) is 346 Å². The average molecular weight is 1150 g/mol. The maximum atomic E-state index is 13.0. The maximum Gasteiger partial charge on any atom is 0.472 e. The Balaban J connectivity index is 3.85. The van der Waals surface area contributed by atoms with Crippen molar-refractivity contribution in [1.82, 2.24) is 5.32 Å². The van der Waals surface area contributed by atoms with Crippen LogP contribution < -0.4 is 5.32 Å². The lowest BCUT2D eigenvalue weighted by atomic mass is 10.0. The van der Waals surface area contributed by atoms with Crippen LogP contribution in [0.3, 0.4) is 0 Å². The average Bonchev–Trinajstić information content (AvgIpc) is 3.42. The summed E-state index contributed by atoms with van der Waals surface area (Å²) in [5, 5.41) is 14.0. The molecule has 0 aromatic rings. The molecular weight excluding hydrogens is 1010 g/mol. The quantitative estimate of drug-likeness (QED) is 0.0243. The molecule has 0 bridgehead atoms. The SMILES string of the molecule is CCCCCCCCCC/C=C\CCCCCCCCCCCCCCCCCCCCCCCCCCCCCCCC(=O)NC(COP(=O)(O)OCC[N+](C)(C)C)C(O)/C=C/CCCCCCCCCCCCCCCCC. The number of nitrogens with one attached hydrogen (secondary N) is 1. The van der Waals surface area contributed by atoms with E-state index in [9.17, 15) is 19.4 Å². The van der Waals surface area contributed by atoms with Crippen LogP contribution in [0.15, 0.2) is 24.3 Å². The predicted molar refractivity (Wildman–Crippen MR) is 351 cm³/mol. The van der Waals surface area contributed by atoms with E-state index in [1.807, 2.05) is 27.2 Å². The molecule has 0 rings (SSSR count). The number of nitrogens with zero attached hydrogens (tertiary/aromatic N) is 1. The zero-order chi connectivity index (χ0) is 58.4. The smallest absolute Gasteiger partial charge is 0.387 e. The summed E-state index contributed by atoms with van der Waals surface area (Å²) in [5.74, 6) is -0.169. The number of carbonyl (C=O) groups is 1. The number of amides is 1. The molecule has 0 saturated heterocycles. The molecule has 3 N–H and O–H groups in total. The molecule has 0 aliphatic carbocycles. The van der Waals surface area contributed by atoms with E-state index in [2.05, 4.69) is 31.3 Å². The Labute approximate surface area is 500 Å². The van der Waals surface area contributed by atoms with Gasteiger partial charge in [0.15, 0.2) is 0 Å². The van der Waals surface area contributed by atoms with Crippen molar-refractivity contribution in [2.24, 2.45) is 0 Å². The number of rotatable bonds is 67. The molecular formula is C71H142N2O6P+. The predicted octanol–water partition coefficient (Wildman–Crippen LogP) is 22.7. The number of aliphatic hydroxyl groups is 1. The molecule has 9 heteroatoms. The first-order valence-electron chi connectivity index (χ1n) is 35.7. The number of hydrogen-bond donors (Lipinski definition) is 3. The molecule has 0 aliphatic heterocycles. The fourth-order valence-corrected chi connectivity index (χ4v) is 11.8. The fourth-order valence-electron chi connectivity index (χ4n) is 11.1.